The number of benzene rings is 2. The molecule has 0 aliphatic rings. The number of para-hydroxylation sites is 1. The summed E-state index contributed by atoms with van der Waals surface area (Å²) >= 11 is 0. The molecule has 0 spiro atoms. The molecule has 0 aliphatic heterocycles. The van der Waals surface area contributed by atoms with Gasteiger partial charge in [0.2, 0.25) is 0 Å². The molecule has 6 heteroatoms. The van der Waals surface area contributed by atoms with Gasteiger partial charge in [0.25, 0.3) is 5.91 Å². The predicted octanol–water partition coefficient (Wildman–Crippen LogP) is 3.73. The second-order valence-corrected chi connectivity index (χ2v) is 5.48. The van der Waals surface area contributed by atoms with Crippen LogP contribution >= 0.6 is 0 Å². The Labute approximate surface area is 150 Å². The number of ether oxygens (including phenoxy) is 2. The molecule has 130 valence electrons. The Hall–Kier alpha value is -3.72. The number of aromatic nitrogens is 1. The maximum atomic E-state index is 12.5. The molecular formula is C20H17N3O3. The molecule has 1 amide bonds. The average Bonchev–Trinajstić information content (AvgIpc) is 3.09. The lowest BCUT2D eigenvalue weighted by Crippen LogP contribution is -2.14. The number of anilines is 1. The quantitative estimate of drug-likeness (QED) is 0.544. The van der Waals surface area contributed by atoms with E-state index in [1.54, 1.807) is 37.6 Å². The van der Waals surface area contributed by atoms with Gasteiger partial charge in [-0.05, 0) is 24.3 Å². The Balaban J connectivity index is 1.89. The number of nitriles is 1. The van der Waals surface area contributed by atoms with Gasteiger partial charge in [0, 0.05) is 28.7 Å². The van der Waals surface area contributed by atoms with Crippen molar-refractivity contribution in [2.45, 2.75) is 0 Å². The minimum Gasteiger partial charge on any atom is -0.497 e. The van der Waals surface area contributed by atoms with Gasteiger partial charge in [-0.3, -0.25) is 4.79 Å². The molecule has 0 unspecified atom stereocenters. The number of methoxy groups -OCH3 is 2. The molecule has 2 N–H and O–H groups in total. The number of amides is 1. The van der Waals surface area contributed by atoms with Gasteiger partial charge in [-0.1, -0.05) is 18.2 Å². The smallest absolute Gasteiger partial charge is 0.266 e. The highest BCUT2D eigenvalue weighted by Gasteiger charge is 2.14. The van der Waals surface area contributed by atoms with Crippen molar-refractivity contribution >= 4 is 28.6 Å². The van der Waals surface area contributed by atoms with Crippen LogP contribution in [0.2, 0.25) is 0 Å². The Bertz CT molecular complexity index is 1030. The lowest BCUT2D eigenvalue weighted by atomic mass is 10.1. The van der Waals surface area contributed by atoms with E-state index in [4.69, 9.17) is 9.47 Å². The van der Waals surface area contributed by atoms with Gasteiger partial charge < -0.3 is 19.8 Å². The molecule has 0 aliphatic carbocycles. The molecule has 0 bridgehead atoms. The zero-order valence-corrected chi connectivity index (χ0v) is 14.4. The summed E-state index contributed by atoms with van der Waals surface area (Å²) in [5, 5.41) is 13.1. The fourth-order valence-corrected chi connectivity index (χ4v) is 2.61. The molecule has 0 radical (unpaired) electrons. The first-order chi connectivity index (χ1) is 12.7. The van der Waals surface area contributed by atoms with E-state index in [1.165, 1.54) is 7.11 Å². The van der Waals surface area contributed by atoms with E-state index in [0.29, 0.717) is 17.2 Å². The van der Waals surface area contributed by atoms with Crippen LogP contribution in [0.5, 0.6) is 11.5 Å². The van der Waals surface area contributed by atoms with Crippen molar-refractivity contribution in [3.05, 3.63) is 59.8 Å². The number of H-pyrrole nitrogens is 1. The van der Waals surface area contributed by atoms with Gasteiger partial charge in [0.15, 0.2) is 0 Å². The van der Waals surface area contributed by atoms with E-state index in [-0.39, 0.29) is 5.57 Å². The molecule has 0 atom stereocenters. The SMILES string of the molecule is COc1ccc(NC(=O)C(C#N)=Cc2c[nH]c3ccccc23)c(OC)c1. The van der Waals surface area contributed by atoms with Crippen LogP contribution in [-0.2, 0) is 4.79 Å². The fraction of sp³-hybridized carbons (Fsp3) is 0.100. The molecule has 0 fully saturated rings. The van der Waals surface area contributed by atoms with Crippen LogP contribution in [0.4, 0.5) is 5.69 Å². The molecule has 0 saturated heterocycles. The van der Waals surface area contributed by atoms with Crippen molar-refractivity contribution in [2.75, 3.05) is 19.5 Å². The summed E-state index contributed by atoms with van der Waals surface area (Å²) < 4.78 is 10.4. The zero-order chi connectivity index (χ0) is 18.5. The lowest BCUT2D eigenvalue weighted by molar-refractivity contribution is -0.112. The Kier molecular flexibility index (Phi) is 4.90. The first kappa shape index (κ1) is 17.1. The van der Waals surface area contributed by atoms with E-state index < -0.39 is 5.91 Å². The van der Waals surface area contributed by atoms with Gasteiger partial charge in [-0.2, -0.15) is 5.26 Å². The highest BCUT2D eigenvalue weighted by atomic mass is 16.5. The summed E-state index contributed by atoms with van der Waals surface area (Å²) in [6, 6.07) is 14.7. The number of carbonyl (C=O) groups excluding carboxylic acids is 1. The summed E-state index contributed by atoms with van der Waals surface area (Å²) in [4.78, 5) is 15.6. The largest absolute Gasteiger partial charge is 0.497 e. The third-order valence-electron chi connectivity index (χ3n) is 3.94. The van der Waals surface area contributed by atoms with Crippen LogP contribution in [0.1, 0.15) is 5.56 Å². The van der Waals surface area contributed by atoms with Gasteiger partial charge in [-0.15, -0.1) is 0 Å². The van der Waals surface area contributed by atoms with E-state index in [9.17, 15) is 10.1 Å². The number of hydrogen-bond donors (Lipinski definition) is 2. The van der Waals surface area contributed by atoms with Crippen molar-refractivity contribution < 1.29 is 14.3 Å². The number of aromatic amines is 1. The molecule has 6 nitrogen and oxygen atoms in total. The topological polar surface area (TPSA) is 87.1 Å². The first-order valence-corrected chi connectivity index (χ1v) is 7.87. The van der Waals surface area contributed by atoms with E-state index in [1.807, 2.05) is 30.3 Å². The van der Waals surface area contributed by atoms with Gasteiger partial charge in [0.1, 0.15) is 23.1 Å². The molecular weight excluding hydrogens is 330 g/mol. The Morgan fingerprint density at radius 1 is 1.19 bits per heavy atom. The molecule has 1 heterocycles. The fourth-order valence-electron chi connectivity index (χ4n) is 2.61. The number of carbonyl (C=O) groups is 1. The normalized spacial score (nSPS) is 11.0. The minimum absolute atomic E-state index is 0.00683. The Morgan fingerprint density at radius 3 is 2.73 bits per heavy atom. The highest BCUT2D eigenvalue weighted by molar-refractivity contribution is 6.11. The number of hydrogen-bond acceptors (Lipinski definition) is 4. The summed E-state index contributed by atoms with van der Waals surface area (Å²) in [5.74, 6) is 0.540. The monoisotopic (exact) mass is 347 g/mol. The third-order valence-corrected chi connectivity index (χ3v) is 3.94. The summed E-state index contributed by atoms with van der Waals surface area (Å²) in [5.41, 5.74) is 2.16. The average molecular weight is 347 g/mol. The van der Waals surface area contributed by atoms with Crippen molar-refractivity contribution in [2.24, 2.45) is 0 Å². The van der Waals surface area contributed by atoms with E-state index >= 15 is 0 Å². The van der Waals surface area contributed by atoms with Crippen LogP contribution in [-0.4, -0.2) is 25.1 Å². The van der Waals surface area contributed by atoms with Crippen molar-refractivity contribution in [3.63, 3.8) is 0 Å². The van der Waals surface area contributed by atoms with E-state index in [2.05, 4.69) is 10.3 Å². The van der Waals surface area contributed by atoms with Crippen molar-refractivity contribution in [3.8, 4) is 17.6 Å². The predicted molar refractivity (Wildman–Crippen MR) is 100 cm³/mol. The molecule has 1 aromatic heterocycles. The van der Waals surface area contributed by atoms with Crippen LogP contribution in [0.25, 0.3) is 17.0 Å². The van der Waals surface area contributed by atoms with Crippen LogP contribution in [0, 0.1) is 11.3 Å². The zero-order valence-electron chi connectivity index (χ0n) is 14.4. The summed E-state index contributed by atoms with van der Waals surface area (Å²) in [6.45, 7) is 0. The van der Waals surface area contributed by atoms with E-state index in [0.717, 1.165) is 16.5 Å². The minimum atomic E-state index is -0.513. The molecule has 26 heavy (non-hydrogen) atoms. The van der Waals surface area contributed by atoms with Gasteiger partial charge in [-0.25, -0.2) is 0 Å². The Morgan fingerprint density at radius 2 is 2.00 bits per heavy atom. The van der Waals surface area contributed by atoms with Crippen molar-refractivity contribution in [1.82, 2.24) is 4.98 Å². The lowest BCUT2D eigenvalue weighted by Gasteiger charge is -2.11. The summed E-state index contributed by atoms with van der Waals surface area (Å²) in [6.07, 6.45) is 3.33. The van der Waals surface area contributed by atoms with Gasteiger partial charge in [0.05, 0.1) is 19.9 Å². The van der Waals surface area contributed by atoms with Crippen molar-refractivity contribution in [1.29, 1.82) is 5.26 Å². The standard InChI is InChI=1S/C20H17N3O3/c1-25-15-7-8-18(19(10-15)26-2)23-20(24)13(11-21)9-14-12-22-17-6-4-3-5-16(14)17/h3-10,12,22H,1-2H3,(H,23,24). The maximum Gasteiger partial charge on any atom is 0.266 e. The molecule has 2 aromatic carbocycles. The van der Waals surface area contributed by atoms with Crippen LogP contribution in [0.3, 0.4) is 0 Å². The van der Waals surface area contributed by atoms with Crippen LogP contribution in [0.15, 0.2) is 54.2 Å². The molecule has 3 rings (SSSR count). The first-order valence-electron chi connectivity index (χ1n) is 7.87. The number of fused-ring (bicyclic) bond motifs is 1. The number of rotatable bonds is 5. The number of nitrogens with one attached hydrogen (secondary N) is 2. The number of nitrogens with zero attached hydrogens (tertiary/aromatic N) is 1. The second kappa shape index (κ2) is 7.45. The summed E-state index contributed by atoms with van der Waals surface area (Å²) in [7, 11) is 3.04. The highest BCUT2D eigenvalue weighted by Crippen LogP contribution is 2.29. The molecule has 3 aromatic rings. The second-order valence-electron chi connectivity index (χ2n) is 5.48. The third kappa shape index (κ3) is 3.37. The maximum absolute atomic E-state index is 12.5. The molecule has 0 saturated carbocycles. The van der Waals surface area contributed by atoms with Gasteiger partial charge >= 0.3 is 0 Å². The van der Waals surface area contributed by atoms with Crippen LogP contribution < -0.4 is 14.8 Å².